The Balaban J connectivity index is 2.24. The Bertz CT molecular complexity index is 678. The number of nitrogens with one attached hydrogen (secondary N) is 1. The molecule has 108 valence electrons. The Hall–Kier alpha value is -2.69. The number of anilines is 1. The molecule has 21 heavy (non-hydrogen) atoms. The molecule has 0 bridgehead atoms. The van der Waals surface area contributed by atoms with E-state index in [1.807, 2.05) is 32.0 Å². The molecule has 5 heteroatoms. The normalized spacial score (nSPS) is 10.2. The van der Waals surface area contributed by atoms with E-state index in [-0.39, 0.29) is 11.6 Å². The largest absolute Gasteiger partial charge is 0.364 e. The zero-order chi connectivity index (χ0) is 15.4. The van der Waals surface area contributed by atoms with Gasteiger partial charge in [0.05, 0.1) is 5.56 Å². The number of carbonyl (C=O) groups is 2. The third-order valence-corrected chi connectivity index (χ3v) is 3.26. The topological polar surface area (TPSA) is 85.1 Å². The van der Waals surface area contributed by atoms with Gasteiger partial charge in [0.1, 0.15) is 5.69 Å². The second-order valence-electron chi connectivity index (χ2n) is 4.71. The van der Waals surface area contributed by atoms with Crippen molar-refractivity contribution in [2.75, 3.05) is 5.32 Å². The molecule has 0 aliphatic rings. The summed E-state index contributed by atoms with van der Waals surface area (Å²) in [5, 5.41) is 2.90. The molecule has 0 fully saturated rings. The number of amides is 2. The van der Waals surface area contributed by atoms with Gasteiger partial charge in [-0.1, -0.05) is 25.1 Å². The number of aromatic nitrogens is 1. The summed E-state index contributed by atoms with van der Waals surface area (Å²) < 4.78 is 0. The molecule has 0 aliphatic heterocycles. The van der Waals surface area contributed by atoms with E-state index in [9.17, 15) is 9.59 Å². The first-order chi connectivity index (χ1) is 10.0. The molecule has 5 nitrogen and oxygen atoms in total. The van der Waals surface area contributed by atoms with Crippen molar-refractivity contribution in [3.8, 4) is 0 Å². The number of rotatable bonds is 4. The van der Waals surface area contributed by atoms with Gasteiger partial charge in [-0.25, -0.2) is 0 Å². The maximum Gasteiger partial charge on any atom is 0.267 e. The zero-order valence-corrected chi connectivity index (χ0v) is 12.0. The van der Waals surface area contributed by atoms with Gasteiger partial charge in [-0.3, -0.25) is 14.6 Å². The molecular formula is C16H17N3O2. The van der Waals surface area contributed by atoms with Crippen LogP contribution in [0, 0.1) is 6.92 Å². The predicted molar refractivity (Wildman–Crippen MR) is 81.3 cm³/mol. The van der Waals surface area contributed by atoms with Crippen molar-refractivity contribution in [1.82, 2.24) is 4.98 Å². The van der Waals surface area contributed by atoms with E-state index in [4.69, 9.17) is 5.73 Å². The molecule has 2 amide bonds. The van der Waals surface area contributed by atoms with E-state index in [1.54, 1.807) is 0 Å². The summed E-state index contributed by atoms with van der Waals surface area (Å²) in [5.41, 5.74) is 8.54. The molecule has 0 unspecified atom stereocenters. The number of carbonyl (C=O) groups excluding carboxylic acids is 2. The molecule has 0 spiro atoms. The molecule has 0 saturated carbocycles. The molecule has 1 heterocycles. The third kappa shape index (κ3) is 3.25. The van der Waals surface area contributed by atoms with Crippen LogP contribution in [0.4, 0.5) is 5.69 Å². The van der Waals surface area contributed by atoms with Gasteiger partial charge >= 0.3 is 0 Å². The van der Waals surface area contributed by atoms with Crippen LogP contribution in [0.1, 0.15) is 38.9 Å². The smallest absolute Gasteiger partial charge is 0.267 e. The molecule has 2 rings (SSSR count). The van der Waals surface area contributed by atoms with Gasteiger partial charge in [-0.2, -0.15) is 0 Å². The third-order valence-electron chi connectivity index (χ3n) is 3.26. The maximum absolute atomic E-state index is 12.2. The molecule has 3 N–H and O–H groups in total. The van der Waals surface area contributed by atoms with Crippen molar-refractivity contribution >= 4 is 17.5 Å². The predicted octanol–water partition coefficient (Wildman–Crippen LogP) is 2.30. The monoisotopic (exact) mass is 283 g/mol. The molecule has 2 aromatic rings. The van der Waals surface area contributed by atoms with Crippen molar-refractivity contribution in [2.45, 2.75) is 20.3 Å². The Morgan fingerprint density at radius 2 is 2.00 bits per heavy atom. The van der Waals surface area contributed by atoms with Gasteiger partial charge in [0.15, 0.2) is 0 Å². The van der Waals surface area contributed by atoms with Crippen molar-refractivity contribution in [3.05, 3.63) is 58.9 Å². The van der Waals surface area contributed by atoms with Gasteiger partial charge in [0, 0.05) is 11.9 Å². The van der Waals surface area contributed by atoms with Crippen LogP contribution >= 0.6 is 0 Å². The van der Waals surface area contributed by atoms with Gasteiger partial charge in [-0.15, -0.1) is 0 Å². The van der Waals surface area contributed by atoms with E-state index >= 15 is 0 Å². The summed E-state index contributed by atoms with van der Waals surface area (Å²) in [7, 11) is 0. The SMILES string of the molecule is CCc1cccc(C)c1NC(=O)c1ccc(C(N)=O)nc1. The number of hydrogen-bond donors (Lipinski definition) is 2. The standard InChI is InChI=1S/C16H17N3O2/c1-3-11-6-4-5-10(2)14(11)19-16(21)12-7-8-13(15(17)20)18-9-12/h4-9H,3H2,1-2H3,(H2,17,20)(H,19,21). The fourth-order valence-corrected chi connectivity index (χ4v) is 2.06. The minimum absolute atomic E-state index is 0.136. The van der Waals surface area contributed by atoms with E-state index in [2.05, 4.69) is 10.3 Å². The highest BCUT2D eigenvalue weighted by Crippen LogP contribution is 2.21. The number of benzene rings is 1. The fraction of sp³-hybridized carbons (Fsp3) is 0.188. The fourth-order valence-electron chi connectivity index (χ4n) is 2.06. The Kier molecular flexibility index (Phi) is 4.33. The van der Waals surface area contributed by atoms with Crippen LogP contribution in [0.3, 0.4) is 0 Å². The zero-order valence-electron chi connectivity index (χ0n) is 12.0. The average Bonchev–Trinajstić information content (AvgIpc) is 2.49. The second-order valence-corrected chi connectivity index (χ2v) is 4.71. The molecule has 0 aliphatic carbocycles. The first kappa shape index (κ1) is 14.7. The first-order valence-electron chi connectivity index (χ1n) is 6.68. The summed E-state index contributed by atoms with van der Waals surface area (Å²) in [4.78, 5) is 27.1. The lowest BCUT2D eigenvalue weighted by Gasteiger charge is -2.12. The van der Waals surface area contributed by atoms with Gasteiger partial charge in [0.2, 0.25) is 0 Å². The van der Waals surface area contributed by atoms with Crippen molar-refractivity contribution in [2.24, 2.45) is 5.73 Å². The summed E-state index contributed by atoms with van der Waals surface area (Å²) in [6.45, 7) is 3.98. The summed E-state index contributed by atoms with van der Waals surface area (Å²) in [5.74, 6) is -0.878. The van der Waals surface area contributed by atoms with Crippen LogP contribution in [0.25, 0.3) is 0 Å². The lowest BCUT2D eigenvalue weighted by molar-refractivity contribution is 0.0990. The highest BCUT2D eigenvalue weighted by Gasteiger charge is 2.11. The first-order valence-corrected chi connectivity index (χ1v) is 6.68. The van der Waals surface area contributed by atoms with E-state index in [0.717, 1.165) is 23.2 Å². The highest BCUT2D eigenvalue weighted by molar-refractivity contribution is 6.05. The number of nitrogens with two attached hydrogens (primary N) is 1. The number of para-hydroxylation sites is 1. The Morgan fingerprint density at radius 3 is 2.57 bits per heavy atom. The van der Waals surface area contributed by atoms with E-state index in [1.165, 1.54) is 18.3 Å². The minimum Gasteiger partial charge on any atom is -0.364 e. The number of primary amides is 1. The highest BCUT2D eigenvalue weighted by atomic mass is 16.2. The van der Waals surface area contributed by atoms with Crippen LogP contribution in [0.2, 0.25) is 0 Å². The number of hydrogen-bond acceptors (Lipinski definition) is 3. The van der Waals surface area contributed by atoms with E-state index < -0.39 is 5.91 Å². The van der Waals surface area contributed by atoms with Crippen molar-refractivity contribution < 1.29 is 9.59 Å². The molecule has 1 aromatic heterocycles. The Labute approximate surface area is 123 Å². The second kappa shape index (κ2) is 6.17. The van der Waals surface area contributed by atoms with E-state index in [0.29, 0.717) is 5.56 Å². The summed E-state index contributed by atoms with van der Waals surface area (Å²) in [6, 6.07) is 8.87. The van der Waals surface area contributed by atoms with Crippen LogP contribution in [0.15, 0.2) is 36.5 Å². The minimum atomic E-state index is -0.617. The van der Waals surface area contributed by atoms with Crippen molar-refractivity contribution in [1.29, 1.82) is 0 Å². The molecule has 1 aromatic carbocycles. The van der Waals surface area contributed by atoms with Crippen LogP contribution in [-0.4, -0.2) is 16.8 Å². The summed E-state index contributed by atoms with van der Waals surface area (Å²) in [6.07, 6.45) is 2.18. The molecule has 0 atom stereocenters. The molecule has 0 saturated heterocycles. The van der Waals surface area contributed by atoms with Crippen LogP contribution in [0.5, 0.6) is 0 Å². The van der Waals surface area contributed by atoms with Crippen molar-refractivity contribution in [3.63, 3.8) is 0 Å². The quantitative estimate of drug-likeness (QED) is 0.902. The number of nitrogens with zero attached hydrogens (tertiary/aromatic N) is 1. The average molecular weight is 283 g/mol. The number of aryl methyl sites for hydroxylation is 2. The van der Waals surface area contributed by atoms with Gasteiger partial charge < -0.3 is 11.1 Å². The van der Waals surface area contributed by atoms with Crippen LogP contribution in [-0.2, 0) is 6.42 Å². The summed E-state index contributed by atoms with van der Waals surface area (Å²) >= 11 is 0. The van der Waals surface area contributed by atoms with Gasteiger partial charge in [0.25, 0.3) is 11.8 Å². The molecule has 0 radical (unpaired) electrons. The van der Waals surface area contributed by atoms with Gasteiger partial charge in [-0.05, 0) is 36.6 Å². The maximum atomic E-state index is 12.2. The number of pyridine rings is 1. The molecular weight excluding hydrogens is 266 g/mol. The lowest BCUT2D eigenvalue weighted by atomic mass is 10.1. The Morgan fingerprint density at radius 1 is 1.24 bits per heavy atom. The lowest BCUT2D eigenvalue weighted by Crippen LogP contribution is -2.17. The van der Waals surface area contributed by atoms with Crippen LogP contribution < -0.4 is 11.1 Å².